The van der Waals surface area contributed by atoms with Gasteiger partial charge in [-0.15, -0.1) is 5.10 Å². The van der Waals surface area contributed by atoms with Crippen molar-refractivity contribution in [2.75, 3.05) is 32.7 Å². The number of carbonyl (C=O) groups is 1. The molecule has 8 nitrogen and oxygen atoms in total. The van der Waals surface area contributed by atoms with E-state index in [0.717, 1.165) is 38.0 Å². The minimum atomic E-state index is -0.832. The van der Waals surface area contributed by atoms with Crippen LogP contribution in [0, 0.1) is 0 Å². The first-order chi connectivity index (χ1) is 12.2. The zero-order valence-electron chi connectivity index (χ0n) is 16.6. The number of aliphatic hydroxyl groups excluding tert-OH is 1. The lowest BCUT2D eigenvalue weighted by Crippen LogP contribution is -2.56. The van der Waals surface area contributed by atoms with E-state index in [4.69, 9.17) is 5.73 Å². The Kier molecular flexibility index (Phi) is 7.14. The van der Waals surface area contributed by atoms with Gasteiger partial charge in [0.05, 0.1) is 11.8 Å². The van der Waals surface area contributed by atoms with Crippen LogP contribution in [0.15, 0.2) is 6.20 Å². The maximum absolute atomic E-state index is 13.0. The van der Waals surface area contributed by atoms with Crippen LogP contribution in [0.25, 0.3) is 0 Å². The largest absolute Gasteiger partial charge is 0.391 e. The number of hydrogen-bond acceptors (Lipinski definition) is 6. The van der Waals surface area contributed by atoms with Gasteiger partial charge in [0.15, 0.2) is 6.04 Å². The average Bonchev–Trinajstić information content (AvgIpc) is 3.02. The van der Waals surface area contributed by atoms with Crippen LogP contribution in [-0.2, 0) is 11.2 Å². The Hall–Kier alpha value is -1.51. The Bertz CT molecular complexity index is 572. The number of nitrogens with two attached hydrogens (primary N) is 1. The van der Waals surface area contributed by atoms with Gasteiger partial charge in [0.25, 0.3) is 0 Å². The van der Waals surface area contributed by atoms with Gasteiger partial charge in [-0.25, -0.2) is 4.68 Å². The number of nitrogens with zero attached hydrogens (tertiary/aromatic N) is 5. The topological polar surface area (TPSA) is 101 Å². The molecule has 8 heteroatoms. The van der Waals surface area contributed by atoms with Gasteiger partial charge < -0.3 is 15.7 Å². The van der Waals surface area contributed by atoms with Crippen molar-refractivity contribution in [1.82, 2.24) is 24.8 Å². The van der Waals surface area contributed by atoms with Gasteiger partial charge in [-0.2, -0.15) is 0 Å². The van der Waals surface area contributed by atoms with Crippen LogP contribution in [0.1, 0.15) is 52.3 Å². The summed E-state index contributed by atoms with van der Waals surface area (Å²) >= 11 is 0. The molecule has 0 bridgehead atoms. The summed E-state index contributed by atoms with van der Waals surface area (Å²) in [4.78, 5) is 17.2. The maximum Gasteiger partial charge on any atom is 0.250 e. The van der Waals surface area contributed by atoms with Crippen molar-refractivity contribution in [3.8, 4) is 0 Å². The summed E-state index contributed by atoms with van der Waals surface area (Å²) in [5.41, 5.74) is 6.45. The molecule has 0 aromatic carbocycles. The van der Waals surface area contributed by atoms with Gasteiger partial charge in [0.1, 0.15) is 0 Å². The van der Waals surface area contributed by atoms with Crippen molar-refractivity contribution in [3.63, 3.8) is 0 Å². The summed E-state index contributed by atoms with van der Waals surface area (Å²) in [5.74, 6) is -0.0908. The highest BCUT2D eigenvalue weighted by Gasteiger charge is 2.34. The zero-order valence-corrected chi connectivity index (χ0v) is 16.6. The third kappa shape index (κ3) is 5.25. The highest BCUT2D eigenvalue weighted by Crippen LogP contribution is 2.20. The Labute approximate surface area is 156 Å². The Balaban J connectivity index is 2.02. The monoisotopic (exact) mass is 366 g/mol. The number of hydrogen-bond donors (Lipinski definition) is 2. The molecule has 1 aromatic heterocycles. The van der Waals surface area contributed by atoms with E-state index in [1.54, 1.807) is 13.1 Å². The molecule has 26 heavy (non-hydrogen) atoms. The first-order valence-corrected chi connectivity index (χ1v) is 9.56. The molecule has 0 aliphatic carbocycles. The third-order valence-corrected chi connectivity index (χ3v) is 4.98. The van der Waals surface area contributed by atoms with Crippen LogP contribution in [0.5, 0.6) is 0 Å². The molecule has 2 rings (SSSR count). The molecule has 1 fully saturated rings. The molecule has 1 aliphatic rings. The smallest absolute Gasteiger partial charge is 0.250 e. The zero-order chi connectivity index (χ0) is 19.3. The average molecular weight is 367 g/mol. The van der Waals surface area contributed by atoms with Gasteiger partial charge in [-0.05, 0) is 53.5 Å². The molecule has 1 amide bonds. The van der Waals surface area contributed by atoms with Crippen LogP contribution in [0.2, 0.25) is 0 Å². The summed E-state index contributed by atoms with van der Waals surface area (Å²) < 4.78 is 1.51. The van der Waals surface area contributed by atoms with Crippen molar-refractivity contribution >= 4 is 5.91 Å². The Morgan fingerprint density at radius 1 is 1.27 bits per heavy atom. The first-order valence-electron chi connectivity index (χ1n) is 9.56. The fourth-order valence-corrected chi connectivity index (χ4v) is 3.34. The van der Waals surface area contributed by atoms with E-state index in [9.17, 15) is 9.90 Å². The molecule has 2 atom stereocenters. The summed E-state index contributed by atoms with van der Waals surface area (Å²) in [6.45, 7) is 11.8. The van der Waals surface area contributed by atoms with Gasteiger partial charge in [-0.1, -0.05) is 5.21 Å². The van der Waals surface area contributed by atoms with E-state index >= 15 is 0 Å². The van der Waals surface area contributed by atoms with Gasteiger partial charge in [0.2, 0.25) is 5.91 Å². The normalized spacial score (nSPS) is 18.8. The van der Waals surface area contributed by atoms with Crippen LogP contribution in [0.3, 0.4) is 0 Å². The molecule has 0 spiro atoms. The van der Waals surface area contributed by atoms with E-state index in [1.165, 1.54) is 4.68 Å². The molecular formula is C18H34N6O2. The van der Waals surface area contributed by atoms with Crippen molar-refractivity contribution in [2.45, 2.75) is 64.6 Å². The van der Waals surface area contributed by atoms with Crippen LogP contribution >= 0.6 is 0 Å². The minimum Gasteiger partial charge on any atom is -0.391 e. The van der Waals surface area contributed by atoms with E-state index in [2.05, 4.69) is 36.0 Å². The van der Waals surface area contributed by atoms with Crippen molar-refractivity contribution in [3.05, 3.63) is 11.9 Å². The Morgan fingerprint density at radius 3 is 2.46 bits per heavy atom. The van der Waals surface area contributed by atoms with Gasteiger partial charge in [0, 0.05) is 37.9 Å². The third-order valence-electron chi connectivity index (χ3n) is 4.98. The number of amides is 1. The fourth-order valence-electron chi connectivity index (χ4n) is 3.34. The molecule has 1 aromatic rings. The van der Waals surface area contributed by atoms with Crippen LogP contribution in [-0.4, -0.2) is 80.2 Å². The first kappa shape index (κ1) is 20.8. The van der Waals surface area contributed by atoms with E-state index < -0.39 is 12.1 Å². The fraction of sp³-hybridized carbons (Fsp3) is 0.833. The number of piperazine rings is 1. The summed E-state index contributed by atoms with van der Waals surface area (Å²) in [7, 11) is 0. The molecule has 3 N–H and O–H groups in total. The molecule has 148 valence electrons. The van der Waals surface area contributed by atoms with Crippen LogP contribution in [0.4, 0.5) is 0 Å². The molecular weight excluding hydrogens is 332 g/mol. The number of aliphatic hydroxyl groups is 1. The van der Waals surface area contributed by atoms with Gasteiger partial charge in [-0.3, -0.25) is 9.69 Å². The van der Waals surface area contributed by atoms with Crippen molar-refractivity contribution in [2.24, 2.45) is 5.73 Å². The maximum atomic E-state index is 13.0. The lowest BCUT2D eigenvalue weighted by atomic mass is 10.0. The van der Waals surface area contributed by atoms with E-state index in [1.807, 2.05) is 4.90 Å². The second-order valence-electron chi connectivity index (χ2n) is 8.10. The molecule has 0 radical (unpaired) electrons. The van der Waals surface area contributed by atoms with E-state index in [0.29, 0.717) is 19.6 Å². The predicted octanol–water partition coefficient (Wildman–Crippen LogP) is 0.424. The lowest BCUT2D eigenvalue weighted by molar-refractivity contribution is -0.140. The second kappa shape index (κ2) is 8.92. The predicted molar refractivity (Wildman–Crippen MR) is 101 cm³/mol. The quantitative estimate of drug-likeness (QED) is 0.679. The molecule has 1 saturated heterocycles. The summed E-state index contributed by atoms with van der Waals surface area (Å²) in [6, 6.07) is -0.730. The number of unbranched alkanes of at least 4 members (excludes halogenated alkanes) is 1. The van der Waals surface area contributed by atoms with E-state index in [-0.39, 0.29) is 11.4 Å². The standard InChI is InChI=1S/C18H34N6O2/c1-14(25)16(24-13-15(20-21-24)7-5-6-8-19)17(26)22-9-11-23(12-10-22)18(2,3)4/h13-14,16,25H,5-12,19H2,1-4H3/t14?,16-/m0/s1. The SMILES string of the molecule is CC(O)[C@@H](C(=O)N1CCN(C(C)(C)C)CC1)n1cc(CCCCN)nn1. The van der Waals surface area contributed by atoms with Crippen molar-refractivity contribution < 1.29 is 9.90 Å². The molecule has 1 unspecified atom stereocenters. The van der Waals surface area contributed by atoms with Crippen LogP contribution < -0.4 is 5.73 Å². The van der Waals surface area contributed by atoms with Crippen molar-refractivity contribution in [1.29, 1.82) is 0 Å². The molecule has 0 saturated carbocycles. The summed E-state index contributed by atoms with van der Waals surface area (Å²) in [6.07, 6.45) is 3.60. The highest BCUT2D eigenvalue weighted by atomic mass is 16.3. The number of rotatable bonds is 7. The minimum absolute atomic E-state index is 0.0908. The number of aromatic nitrogens is 3. The Morgan fingerprint density at radius 2 is 1.92 bits per heavy atom. The number of aryl methyl sites for hydroxylation is 1. The molecule has 1 aliphatic heterocycles. The molecule has 2 heterocycles. The lowest BCUT2D eigenvalue weighted by Gasteiger charge is -2.43. The van der Waals surface area contributed by atoms with Gasteiger partial charge >= 0.3 is 0 Å². The number of carbonyl (C=O) groups excluding carboxylic acids is 1. The second-order valence-corrected chi connectivity index (χ2v) is 8.10. The summed E-state index contributed by atoms with van der Waals surface area (Å²) in [5, 5.41) is 18.5. The highest BCUT2D eigenvalue weighted by molar-refractivity contribution is 5.81.